The van der Waals surface area contributed by atoms with Gasteiger partial charge in [0.25, 0.3) is 10.0 Å². The molecule has 39 heavy (non-hydrogen) atoms. The molecule has 3 rings (SSSR count). The van der Waals surface area contributed by atoms with Crippen molar-refractivity contribution in [3.63, 3.8) is 0 Å². The van der Waals surface area contributed by atoms with E-state index in [1.54, 1.807) is 69.3 Å². The van der Waals surface area contributed by atoms with E-state index in [1.807, 2.05) is 0 Å². The van der Waals surface area contributed by atoms with Gasteiger partial charge in [-0.3, -0.25) is 13.9 Å². The summed E-state index contributed by atoms with van der Waals surface area (Å²) in [7, 11) is -4.25. The number of rotatable bonds is 12. The molecule has 3 aromatic carbocycles. The second kappa shape index (κ2) is 13.7. The van der Waals surface area contributed by atoms with Crippen molar-refractivity contribution >= 4 is 50.7 Å². The highest BCUT2D eigenvalue weighted by Gasteiger charge is 2.33. The molecule has 0 unspecified atom stereocenters. The number of hydrogen-bond donors (Lipinski definition) is 1. The van der Waals surface area contributed by atoms with Crippen LogP contribution in [0.4, 0.5) is 5.69 Å². The maximum atomic E-state index is 13.9. The third kappa shape index (κ3) is 7.65. The molecule has 0 aliphatic rings. The normalized spacial score (nSPS) is 11.9. The standard InChI is InChI=1S/C28H31Cl2N3O5S/c1-4-31-28(35)20(3)32(18-21-9-8-10-23(30)17-21)27(34)19-33(25-11-6-7-12-26(25)38-5-2)39(36,37)24-15-13-22(29)14-16-24/h6-17,20H,4-5,18-19H2,1-3H3,(H,31,35)/t20-/m0/s1. The van der Waals surface area contributed by atoms with Gasteiger partial charge < -0.3 is 15.0 Å². The van der Waals surface area contributed by atoms with Crippen molar-refractivity contribution in [2.24, 2.45) is 0 Å². The van der Waals surface area contributed by atoms with Crippen LogP contribution in [0.5, 0.6) is 5.75 Å². The molecule has 208 valence electrons. The molecule has 0 saturated heterocycles. The second-order valence-corrected chi connectivity index (χ2v) is 11.3. The molecule has 0 aliphatic carbocycles. The molecule has 3 aromatic rings. The van der Waals surface area contributed by atoms with E-state index in [2.05, 4.69) is 5.32 Å². The first kappa shape index (κ1) is 30.3. The molecule has 2 amide bonds. The molecule has 0 heterocycles. The van der Waals surface area contributed by atoms with Gasteiger partial charge in [0.2, 0.25) is 11.8 Å². The van der Waals surface area contributed by atoms with Gasteiger partial charge in [0.15, 0.2) is 0 Å². The first-order chi connectivity index (χ1) is 18.6. The topological polar surface area (TPSA) is 96.0 Å². The summed E-state index contributed by atoms with van der Waals surface area (Å²) in [4.78, 5) is 28.0. The molecule has 1 atom stereocenters. The van der Waals surface area contributed by atoms with Crippen molar-refractivity contribution in [2.75, 3.05) is 24.0 Å². The van der Waals surface area contributed by atoms with E-state index < -0.39 is 28.5 Å². The number of benzene rings is 3. The molecule has 0 saturated carbocycles. The number of carbonyl (C=O) groups is 2. The van der Waals surface area contributed by atoms with E-state index in [0.717, 1.165) is 4.31 Å². The molecular weight excluding hydrogens is 561 g/mol. The zero-order chi connectivity index (χ0) is 28.6. The van der Waals surface area contributed by atoms with E-state index in [4.69, 9.17) is 27.9 Å². The number of nitrogens with zero attached hydrogens (tertiary/aromatic N) is 2. The molecule has 8 nitrogen and oxygen atoms in total. The molecule has 0 fully saturated rings. The number of anilines is 1. The summed E-state index contributed by atoms with van der Waals surface area (Å²) in [6, 6.07) is 18.3. The van der Waals surface area contributed by atoms with Crippen LogP contribution in [0, 0.1) is 0 Å². The lowest BCUT2D eigenvalue weighted by Crippen LogP contribution is -2.51. The van der Waals surface area contributed by atoms with Crippen molar-refractivity contribution in [1.82, 2.24) is 10.2 Å². The predicted molar refractivity (Wildman–Crippen MR) is 154 cm³/mol. The fourth-order valence-corrected chi connectivity index (χ4v) is 5.69. The molecule has 0 radical (unpaired) electrons. The van der Waals surface area contributed by atoms with Crippen LogP contribution >= 0.6 is 23.2 Å². The zero-order valence-electron chi connectivity index (χ0n) is 21.9. The zero-order valence-corrected chi connectivity index (χ0v) is 24.3. The highest BCUT2D eigenvalue weighted by atomic mass is 35.5. The molecule has 0 bridgehead atoms. The van der Waals surface area contributed by atoms with Crippen molar-refractivity contribution in [3.8, 4) is 5.75 Å². The van der Waals surface area contributed by atoms with E-state index in [0.29, 0.717) is 27.9 Å². The lowest BCUT2D eigenvalue weighted by atomic mass is 10.1. The van der Waals surface area contributed by atoms with Crippen molar-refractivity contribution in [2.45, 2.75) is 38.3 Å². The summed E-state index contributed by atoms with van der Waals surface area (Å²) in [5, 5.41) is 3.57. The number of halogens is 2. The Labute approximate surface area is 239 Å². The smallest absolute Gasteiger partial charge is 0.264 e. The lowest BCUT2D eigenvalue weighted by molar-refractivity contribution is -0.139. The first-order valence-electron chi connectivity index (χ1n) is 12.4. The Morgan fingerprint density at radius 2 is 1.64 bits per heavy atom. The average Bonchev–Trinajstić information content (AvgIpc) is 2.91. The van der Waals surface area contributed by atoms with Gasteiger partial charge in [-0.25, -0.2) is 8.42 Å². The predicted octanol–water partition coefficient (Wildman–Crippen LogP) is 5.14. The molecule has 0 aromatic heterocycles. The number of nitrogens with one attached hydrogen (secondary N) is 1. The Kier molecular flexibility index (Phi) is 10.6. The van der Waals surface area contributed by atoms with Gasteiger partial charge in [0.1, 0.15) is 18.3 Å². The molecule has 0 spiro atoms. The highest BCUT2D eigenvalue weighted by Crippen LogP contribution is 2.33. The van der Waals surface area contributed by atoms with Gasteiger partial charge in [-0.1, -0.05) is 47.5 Å². The summed E-state index contributed by atoms with van der Waals surface area (Å²) in [6.45, 7) is 5.27. The van der Waals surface area contributed by atoms with E-state index in [-0.39, 0.29) is 29.6 Å². The monoisotopic (exact) mass is 591 g/mol. The SMILES string of the molecule is CCNC(=O)[C@H](C)N(Cc1cccc(Cl)c1)C(=O)CN(c1ccccc1OCC)S(=O)(=O)c1ccc(Cl)cc1. The van der Waals surface area contributed by atoms with Gasteiger partial charge in [-0.2, -0.15) is 0 Å². The van der Waals surface area contributed by atoms with Gasteiger partial charge in [0.05, 0.1) is 17.2 Å². The van der Waals surface area contributed by atoms with Crippen LogP contribution in [0.1, 0.15) is 26.3 Å². The average molecular weight is 593 g/mol. The minimum absolute atomic E-state index is 0.0413. The molecule has 0 aliphatic heterocycles. The van der Waals surface area contributed by atoms with Gasteiger partial charge >= 0.3 is 0 Å². The van der Waals surface area contributed by atoms with E-state index in [1.165, 1.54) is 29.2 Å². The quantitative estimate of drug-likeness (QED) is 0.314. The number of carbonyl (C=O) groups excluding carboxylic acids is 2. The van der Waals surface area contributed by atoms with Crippen LogP contribution < -0.4 is 14.4 Å². The van der Waals surface area contributed by atoms with Gasteiger partial charge in [-0.15, -0.1) is 0 Å². The minimum atomic E-state index is -4.25. The van der Waals surface area contributed by atoms with Crippen molar-refractivity contribution in [3.05, 3.63) is 88.4 Å². The van der Waals surface area contributed by atoms with E-state index >= 15 is 0 Å². The maximum absolute atomic E-state index is 13.9. The van der Waals surface area contributed by atoms with Crippen LogP contribution in [-0.2, 0) is 26.2 Å². The largest absolute Gasteiger partial charge is 0.492 e. The van der Waals surface area contributed by atoms with Crippen molar-refractivity contribution < 1.29 is 22.7 Å². The Morgan fingerprint density at radius 1 is 0.949 bits per heavy atom. The maximum Gasteiger partial charge on any atom is 0.264 e. The van der Waals surface area contributed by atoms with Crippen LogP contribution in [-0.4, -0.2) is 50.9 Å². The van der Waals surface area contributed by atoms with Gasteiger partial charge in [-0.05, 0) is 74.9 Å². The number of amides is 2. The van der Waals surface area contributed by atoms with Crippen LogP contribution in [0.3, 0.4) is 0 Å². The summed E-state index contributed by atoms with van der Waals surface area (Å²) < 4.78 is 34.6. The van der Waals surface area contributed by atoms with Crippen LogP contribution in [0.2, 0.25) is 10.0 Å². The fraction of sp³-hybridized carbons (Fsp3) is 0.286. The number of likely N-dealkylation sites (N-methyl/N-ethyl adjacent to an activating group) is 1. The van der Waals surface area contributed by atoms with Crippen molar-refractivity contribution in [1.29, 1.82) is 0 Å². The first-order valence-corrected chi connectivity index (χ1v) is 14.6. The molecule has 11 heteroatoms. The summed E-state index contributed by atoms with van der Waals surface area (Å²) >= 11 is 12.1. The van der Waals surface area contributed by atoms with Crippen LogP contribution in [0.25, 0.3) is 0 Å². The second-order valence-electron chi connectivity index (χ2n) is 8.59. The number of ether oxygens (including phenoxy) is 1. The highest BCUT2D eigenvalue weighted by molar-refractivity contribution is 7.92. The fourth-order valence-electron chi connectivity index (χ4n) is 3.92. The summed E-state index contributed by atoms with van der Waals surface area (Å²) in [6.07, 6.45) is 0. The van der Waals surface area contributed by atoms with Gasteiger partial charge in [0, 0.05) is 23.1 Å². The Hall–Kier alpha value is -3.27. The molecular formula is C28H31Cl2N3O5S. The minimum Gasteiger partial charge on any atom is -0.492 e. The number of sulfonamides is 1. The molecule has 1 N–H and O–H groups in total. The van der Waals surface area contributed by atoms with Crippen LogP contribution in [0.15, 0.2) is 77.7 Å². The van der Waals surface area contributed by atoms with E-state index in [9.17, 15) is 18.0 Å². The summed E-state index contributed by atoms with van der Waals surface area (Å²) in [5.74, 6) is -0.657. The Bertz CT molecular complexity index is 1400. The Balaban J connectivity index is 2.08. The number of para-hydroxylation sites is 2. The number of hydrogen-bond acceptors (Lipinski definition) is 5. The third-order valence-electron chi connectivity index (χ3n) is 5.87. The Morgan fingerprint density at radius 3 is 2.28 bits per heavy atom. The third-order valence-corrected chi connectivity index (χ3v) is 8.14. The summed E-state index contributed by atoms with van der Waals surface area (Å²) in [5.41, 5.74) is 0.879. The lowest BCUT2D eigenvalue weighted by Gasteiger charge is -2.32.